The summed E-state index contributed by atoms with van der Waals surface area (Å²) in [7, 11) is 2.01. The van der Waals surface area contributed by atoms with E-state index in [0.717, 1.165) is 23.3 Å². The Morgan fingerprint density at radius 3 is 2.80 bits per heavy atom. The number of nitrogens with two attached hydrogens (primary N) is 1. The highest BCUT2D eigenvalue weighted by Crippen LogP contribution is 2.19. The van der Waals surface area contributed by atoms with Gasteiger partial charge in [-0.25, -0.2) is 4.98 Å². The molecule has 0 radical (unpaired) electrons. The first kappa shape index (κ1) is 10.2. The van der Waals surface area contributed by atoms with E-state index in [9.17, 15) is 0 Å². The van der Waals surface area contributed by atoms with Crippen molar-refractivity contribution in [2.24, 2.45) is 12.8 Å². The van der Waals surface area contributed by atoms with Gasteiger partial charge in [0.25, 0.3) is 0 Å². The van der Waals surface area contributed by atoms with Gasteiger partial charge in [-0.05, 0) is 31.0 Å². The fraction of sp³-hybridized carbons (Fsp3) is 0.417. The number of hydrogen-bond acceptors (Lipinski definition) is 2. The zero-order valence-electron chi connectivity index (χ0n) is 9.49. The van der Waals surface area contributed by atoms with Gasteiger partial charge in [0.05, 0.1) is 17.1 Å². The second-order valence-electron chi connectivity index (χ2n) is 3.99. The van der Waals surface area contributed by atoms with Gasteiger partial charge >= 0.3 is 0 Å². The maximum Gasteiger partial charge on any atom is 0.126 e. The van der Waals surface area contributed by atoms with Gasteiger partial charge in [0, 0.05) is 7.05 Å². The van der Waals surface area contributed by atoms with E-state index in [-0.39, 0.29) is 6.04 Å². The van der Waals surface area contributed by atoms with Gasteiger partial charge in [-0.3, -0.25) is 0 Å². The molecule has 1 heterocycles. The lowest BCUT2D eigenvalue weighted by atomic mass is 10.1. The Morgan fingerprint density at radius 2 is 2.20 bits per heavy atom. The lowest BCUT2D eigenvalue weighted by Gasteiger charge is -2.04. The number of benzene rings is 1. The van der Waals surface area contributed by atoms with Gasteiger partial charge < -0.3 is 10.3 Å². The summed E-state index contributed by atoms with van der Waals surface area (Å²) in [6, 6.07) is 6.39. The second-order valence-corrected chi connectivity index (χ2v) is 3.99. The molecule has 1 atom stereocenters. The molecule has 3 heteroatoms. The molecular formula is C12H17N3. The van der Waals surface area contributed by atoms with Gasteiger partial charge in [-0.15, -0.1) is 0 Å². The van der Waals surface area contributed by atoms with Crippen molar-refractivity contribution in [1.29, 1.82) is 0 Å². The van der Waals surface area contributed by atoms with Gasteiger partial charge in [-0.1, -0.05) is 13.0 Å². The molecule has 0 fully saturated rings. The Kier molecular flexibility index (Phi) is 2.49. The molecule has 2 rings (SSSR count). The highest BCUT2D eigenvalue weighted by Gasteiger charge is 2.10. The summed E-state index contributed by atoms with van der Waals surface area (Å²) in [5.74, 6) is 0.943. The quantitative estimate of drug-likeness (QED) is 0.812. The molecule has 1 unspecified atom stereocenters. The van der Waals surface area contributed by atoms with E-state index in [1.165, 1.54) is 5.56 Å². The van der Waals surface area contributed by atoms with Crippen LogP contribution in [0.4, 0.5) is 0 Å². The van der Waals surface area contributed by atoms with Crippen molar-refractivity contribution in [3.63, 3.8) is 0 Å². The Balaban J connectivity index is 2.65. The van der Waals surface area contributed by atoms with Crippen molar-refractivity contribution >= 4 is 11.0 Å². The molecule has 2 aromatic rings. The van der Waals surface area contributed by atoms with E-state index in [1.807, 2.05) is 14.0 Å². The first-order chi connectivity index (χ1) is 7.13. The molecule has 80 valence electrons. The van der Waals surface area contributed by atoms with Crippen LogP contribution in [0.3, 0.4) is 0 Å². The van der Waals surface area contributed by atoms with E-state index >= 15 is 0 Å². The molecule has 0 bridgehead atoms. The highest BCUT2D eigenvalue weighted by atomic mass is 15.1. The SMILES string of the molecule is CCc1ccc2c(c1)nc(C(C)N)n2C. The molecule has 0 spiro atoms. The van der Waals surface area contributed by atoms with Crippen molar-refractivity contribution in [2.75, 3.05) is 0 Å². The zero-order valence-corrected chi connectivity index (χ0v) is 9.49. The van der Waals surface area contributed by atoms with Crippen LogP contribution in [0.5, 0.6) is 0 Å². The van der Waals surface area contributed by atoms with Crippen LogP contribution in [-0.4, -0.2) is 9.55 Å². The van der Waals surface area contributed by atoms with Gasteiger partial charge in [0.2, 0.25) is 0 Å². The molecule has 1 aromatic heterocycles. The van der Waals surface area contributed by atoms with Gasteiger partial charge in [0.15, 0.2) is 0 Å². The van der Waals surface area contributed by atoms with E-state index in [0.29, 0.717) is 0 Å². The van der Waals surface area contributed by atoms with Crippen LogP contribution in [0.2, 0.25) is 0 Å². The Hall–Kier alpha value is -1.35. The summed E-state index contributed by atoms with van der Waals surface area (Å²) in [5, 5.41) is 0. The van der Waals surface area contributed by atoms with Crippen LogP contribution in [0.25, 0.3) is 11.0 Å². The first-order valence-corrected chi connectivity index (χ1v) is 5.34. The van der Waals surface area contributed by atoms with Crippen molar-refractivity contribution in [2.45, 2.75) is 26.3 Å². The molecule has 2 N–H and O–H groups in total. The number of rotatable bonds is 2. The van der Waals surface area contributed by atoms with Crippen molar-refractivity contribution in [3.8, 4) is 0 Å². The van der Waals surface area contributed by atoms with Gasteiger partial charge in [0.1, 0.15) is 5.82 Å². The number of fused-ring (bicyclic) bond motifs is 1. The number of hydrogen-bond donors (Lipinski definition) is 1. The zero-order chi connectivity index (χ0) is 11.0. The molecule has 0 saturated heterocycles. The standard InChI is InChI=1S/C12H17N3/c1-4-9-5-6-11-10(7-9)14-12(8(2)13)15(11)3/h5-8H,4,13H2,1-3H3. The summed E-state index contributed by atoms with van der Waals surface area (Å²) in [6.07, 6.45) is 1.04. The van der Waals surface area contributed by atoms with Crippen LogP contribution in [-0.2, 0) is 13.5 Å². The van der Waals surface area contributed by atoms with Crippen LogP contribution in [0.15, 0.2) is 18.2 Å². The van der Waals surface area contributed by atoms with E-state index in [2.05, 4.69) is 34.7 Å². The molecule has 15 heavy (non-hydrogen) atoms. The van der Waals surface area contributed by atoms with Crippen LogP contribution in [0, 0.1) is 0 Å². The summed E-state index contributed by atoms with van der Waals surface area (Å²) >= 11 is 0. The third kappa shape index (κ3) is 1.63. The van der Waals surface area contributed by atoms with Crippen molar-refractivity contribution in [3.05, 3.63) is 29.6 Å². The molecule has 1 aromatic carbocycles. The summed E-state index contributed by atoms with van der Waals surface area (Å²) in [6.45, 7) is 4.11. The van der Waals surface area contributed by atoms with Crippen molar-refractivity contribution < 1.29 is 0 Å². The molecule has 0 amide bonds. The number of nitrogens with zero attached hydrogens (tertiary/aromatic N) is 2. The number of aryl methyl sites for hydroxylation is 2. The van der Waals surface area contributed by atoms with E-state index in [4.69, 9.17) is 5.73 Å². The van der Waals surface area contributed by atoms with E-state index < -0.39 is 0 Å². The third-order valence-electron chi connectivity index (χ3n) is 2.80. The topological polar surface area (TPSA) is 43.8 Å². The highest BCUT2D eigenvalue weighted by molar-refractivity contribution is 5.76. The summed E-state index contributed by atoms with van der Waals surface area (Å²) in [5.41, 5.74) is 9.38. The lowest BCUT2D eigenvalue weighted by Crippen LogP contribution is -2.11. The normalized spacial score (nSPS) is 13.3. The van der Waals surface area contributed by atoms with Crippen LogP contribution >= 0.6 is 0 Å². The molecule has 0 aliphatic carbocycles. The minimum atomic E-state index is -0.0209. The Labute approximate surface area is 89.9 Å². The lowest BCUT2D eigenvalue weighted by molar-refractivity contribution is 0.696. The monoisotopic (exact) mass is 203 g/mol. The predicted octanol–water partition coefficient (Wildman–Crippen LogP) is 2.16. The minimum Gasteiger partial charge on any atom is -0.330 e. The fourth-order valence-electron chi connectivity index (χ4n) is 1.89. The van der Waals surface area contributed by atoms with Gasteiger partial charge in [-0.2, -0.15) is 0 Å². The maximum atomic E-state index is 5.87. The molecule has 0 aliphatic rings. The predicted molar refractivity (Wildman–Crippen MR) is 62.7 cm³/mol. The minimum absolute atomic E-state index is 0.0209. The van der Waals surface area contributed by atoms with Crippen molar-refractivity contribution in [1.82, 2.24) is 9.55 Å². The van der Waals surface area contributed by atoms with Crippen LogP contribution < -0.4 is 5.73 Å². The first-order valence-electron chi connectivity index (χ1n) is 5.34. The largest absolute Gasteiger partial charge is 0.330 e. The van der Waals surface area contributed by atoms with E-state index in [1.54, 1.807) is 0 Å². The number of aromatic nitrogens is 2. The molecule has 0 saturated carbocycles. The smallest absolute Gasteiger partial charge is 0.126 e. The molecular weight excluding hydrogens is 186 g/mol. The van der Waals surface area contributed by atoms with Crippen LogP contribution in [0.1, 0.15) is 31.3 Å². The average Bonchev–Trinajstić information content (AvgIpc) is 2.55. The molecule has 3 nitrogen and oxygen atoms in total. The summed E-state index contributed by atoms with van der Waals surface area (Å²) in [4.78, 5) is 4.56. The Bertz CT molecular complexity index is 483. The fourth-order valence-corrected chi connectivity index (χ4v) is 1.89. The summed E-state index contributed by atoms with van der Waals surface area (Å²) < 4.78 is 2.07. The Morgan fingerprint density at radius 1 is 1.47 bits per heavy atom. The third-order valence-corrected chi connectivity index (χ3v) is 2.80. The number of imidazole rings is 1. The average molecular weight is 203 g/mol. The maximum absolute atomic E-state index is 5.87. The second kappa shape index (κ2) is 3.66. The molecule has 0 aliphatic heterocycles.